The van der Waals surface area contributed by atoms with Gasteiger partial charge in [0.05, 0.1) is 18.9 Å². The summed E-state index contributed by atoms with van der Waals surface area (Å²) in [6, 6.07) is 21.4. The van der Waals surface area contributed by atoms with Crippen molar-refractivity contribution < 1.29 is 13.9 Å². The van der Waals surface area contributed by atoms with Crippen LogP contribution in [-0.2, 0) is 6.54 Å². The van der Waals surface area contributed by atoms with E-state index in [9.17, 15) is 9.18 Å². The van der Waals surface area contributed by atoms with E-state index in [1.165, 1.54) is 19.2 Å². The molecule has 150 valence electrons. The van der Waals surface area contributed by atoms with Crippen molar-refractivity contribution in [2.75, 3.05) is 7.11 Å². The van der Waals surface area contributed by atoms with Gasteiger partial charge in [-0.2, -0.15) is 5.10 Å². The number of benzene rings is 3. The summed E-state index contributed by atoms with van der Waals surface area (Å²) in [7, 11) is 1.52. The molecule has 4 rings (SSSR count). The molecule has 0 saturated carbocycles. The topological polar surface area (TPSA) is 55.6 Å². The van der Waals surface area contributed by atoms with E-state index >= 15 is 0 Å². The smallest absolute Gasteiger partial charge is 0.275 e. The second-order valence-corrected chi connectivity index (χ2v) is 6.79. The number of amides is 1. The maximum atomic E-state index is 13.4. The van der Waals surface area contributed by atoms with Crippen molar-refractivity contribution >= 4 is 23.0 Å². The lowest BCUT2D eigenvalue weighted by atomic mass is 10.1. The Morgan fingerprint density at radius 2 is 1.97 bits per heavy atom. The first-order valence-electron chi connectivity index (χ1n) is 9.44. The summed E-state index contributed by atoms with van der Waals surface area (Å²) in [6.07, 6.45) is 3.57. The minimum absolute atomic E-state index is 0.238. The van der Waals surface area contributed by atoms with Gasteiger partial charge >= 0.3 is 0 Å². The third-order valence-corrected chi connectivity index (χ3v) is 4.77. The lowest BCUT2D eigenvalue weighted by molar-refractivity contribution is 0.0952. The van der Waals surface area contributed by atoms with Gasteiger partial charge in [0.2, 0.25) is 0 Å². The Labute approximate surface area is 173 Å². The van der Waals surface area contributed by atoms with Crippen LogP contribution in [0.15, 0.2) is 84.1 Å². The van der Waals surface area contributed by atoms with Crippen molar-refractivity contribution in [3.63, 3.8) is 0 Å². The predicted molar refractivity (Wildman–Crippen MR) is 115 cm³/mol. The highest BCUT2D eigenvalue weighted by molar-refractivity contribution is 5.97. The Kier molecular flexibility index (Phi) is 5.57. The number of carbonyl (C=O) groups excluding carboxylic acids is 1. The summed E-state index contributed by atoms with van der Waals surface area (Å²) >= 11 is 0. The molecular weight excluding hydrogens is 381 g/mol. The summed E-state index contributed by atoms with van der Waals surface area (Å²) in [5, 5.41) is 5.09. The van der Waals surface area contributed by atoms with Gasteiger partial charge in [-0.1, -0.05) is 30.3 Å². The summed E-state index contributed by atoms with van der Waals surface area (Å²) < 4.78 is 20.7. The number of hydrogen-bond acceptors (Lipinski definition) is 3. The van der Waals surface area contributed by atoms with Crippen molar-refractivity contribution in [1.29, 1.82) is 0 Å². The van der Waals surface area contributed by atoms with Gasteiger partial charge in [-0.3, -0.25) is 4.79 Å². The first-order valence-corrected chi connectivity index (χ1v) is 9.44. The largest absolute Gasteiger partial charge is 0.496 e. The fraction of sp³-hybridized carbons (Fsp3) is 0.0833. The number of nitrogens with one attached hydrogen (secondary N) is 1. The number of nitrogens with zero attached hydrogens (tertiary/aromatic N) is 2. The average molecular weight is 401 g/mol. The lowest BCUT2D eigenvalue weighted by Crippen LogP contribution is -2.18. The van der Waals surface area contributed by atoms with Crippen LogP contribution >= 0.6 is 0 Å². The number of methoxy groups -OCH3 is 1. The van der Waals surface area contributed by atoms with E-state index in [1.807, 2.05) is 36.5 Å². The van der Waals surface area contributed by atoms with Gasteiger partial charge in [-0.25, -0.2) is 9.82 Å². The average Bonchev–Trinajstić information content (AvgIpc) is 3.15. The Morgan fingerprint density at radius 3 is 2.80 bits per heavy atom. The van der Waals surface area contributed by atoms with Gasteiger partial charge in [0, 0.05) is 23.6 Å². The quantitative estimate of drug-likeness (QED) is 0.379. The molecule has 0 aliphatic carbocycles. The molecule has 3 aromatic carbocycles. The fourth-order valence-electron chi connectivity index (χ4n) is 3.33. The van der Waals surface area contributed by atoms with Crippen LogP contribution in [0.2, 0.25) is 0 Å². The number of fused-ring (bicyclic) bond motifs is 1. The molecular formula is C24H20FN3O2. The maximum absolute atomic E-state index is 13.4. The van der Waals surface area contributed by atoms with Gasteiger partial charge in [0.1, 0.15) is 11.6 Å². The molecule has 0 aliphatic rings. The molecule has 6 heteroatoms. The SMILES string of the molecule is COc1ccccc1C(=O)NN=Cc1ccc2c(ccn2Cc2cccc(F)c2)c1. The molecule has 0 radical (unpaired) electrons. The first-order chi connectivity index (χ1) is 14.6. The molecule has 1 aromatic heterocycles. The van der Waals surface area contributed by atoms with E-state index in [4.69, 9.17) is 4.74 Å². The highest BCUT2D eigenvalue weighted by Gasteiger charge is 2.10. The Balaban J connectivity index is 1.47. The van der Waals surface area contributed by atoms with Gasteiger partial charge in [-0.05, 0) is 53.6 Å². The van der Waals surface area contributed by atoms with Gasteiger partial charge in [-0.15, -0.1) is 0 Å². The fourth-order valence-corrected chi connectivity index (χ4v) is 3.33. The standard InChI is InChI=1S/C24H20FN3O2/c1-30-23-8-3-2-7-21(23)24(29)27-26-15-17-9-10-22-19(13-17)11-12-28(22)16-18-5-4-6-20(25)14-18/h2-15H,16H2,1H3,(H,27,29). The second kappa shape index (κ2) is 8.61. The van der Waals surface area contributed by atoms with E-state index in [0.29, 0.717) is 17.9 Å². The molecule has 1 heterocycles. The molecule has 1 N–H and O–H groups in total. The number of carbonyl (C=O) groups is 1. The number of hydrogen-bond donors (Lipinski definition) is 1. The number of aromatic nitrogens is 1. The van der Waals surface area contributed by atoms with Gasteiger partial charge < -0.3 is 9.30 Å². The molecule has 0 spiro atoms. The van der Waals surface area contributed by atoms with Crippen LogP contribution in [0, 0.1) is 5.82 Å². The first kappa shape index (κ1) is 19.4. The van der Waals surface area contributed by atoms with E-state index in [0.717, 1.165) is 22.0 Å². The zero-order valence-electron chi connectivity index (χ0n) is 16.4. The van der Waals surface area contributed by atoms with E-state index < -0.39 is 0 Å². The van der Waals surface area contributed by atoms with Crippen LogP contribution in [-0.4, -0.2) is 23.8 Å². The van der Waals surface area contributed by atoms with E-state index in [-0.39, 0.29) is 11.7 Å². The number of hydrazone groups is 1. The molecule has 0 aliphatic heterocycles. The molecule has 0 unspecified atom stereocenters. The zero-order valence-corrected chi connectivity index (χ0v) is 16.4. The second-order valence-electron chi connectivity index (χ2n) is 6.79. The number of rotatable bonds is 6. The third-order valence-electron chi connectivity index (χ3n) is 4.77. The summed E-state index contributed by atoms with van der Waals surface area (Å²) in [4.78, 5) is 12.3. The van der Waals surface area contributed by atoms with Crippen LogP contribution in [0.4, 0.5) is 4.39 Å². The number of para-hydroxylation sites is 1. The van der Waals surface area contributed by atoms with Crippen molar-refractivity contribution in [2.24, 2.45) is 5.10 Å². The van der Waals surface area contributed by atoms with E-state index in [2.05, 4.69) is 15.1 Å². The van der Waals surface area contributed by atoms with Gasteiger partial charge in [0.25, 0.3) is 5.91 Å². The number of ether oxygens (including phenoxy) is 1. The Hall–Kier alpha value is -3.93. The Morgan fingerprint density at radius 1 is 1.10 bits per heavy atom. The molecule has 0 saturated heterocycles. The van der Waals surface area contributed by atoms with Crippen LogP contribution < -0.4 is 10.2 Å². The van der Waals surface area contributed by atoms with Crippen LogP contribution in [0.5, 0.6) is 5.75 Å². The maximum Gasteiger partial charge on any atom is 0.275 e. The summed E-state index contributed by atoms with van der Waals surface area (Å²) in [5.41, 5.74) is 5.73. The summed E-state index contributed by atoms with van der Waals surface area (Å²) in [6.45, 7) is 0.587. The normalized spacial score (nSPS) is 11.1. The highest BCUT2D eigenvalue weighted by Crippen LogP contribution is 2.19. The minimum atomic E-state index is -0.342. The summed E-state index contributed by atoms with van der Waals surface area (Å²) in [5.74, 6) is -0.0880. The third kappa shape index (κ3) is 4.22. The lowest BCUT2D eigenvalue weighted by Gasteiger charge is -2.07. The number of halogens is 1. The highest BCUT2D eigenvalue weighted by atomic mass is 19.1. The van der Waals surface area contributed by atoms with Crippen molar-refractivity contribution in [1.82, 2.24) is 9.99 Å². The minimum Gasteiger partial charge on any atom is -0.496 e. The monoisotopic (exact) mass is 401 g/mol. The van der Waals surface area contributed by atoms with Crippen LogP contribution in [0.3, 0.4) is 0 Å². The molecule has 5 nitrogen and oxygen atoms in total. The van der Waals surface area contributed by atoms with Gasteiger partial charge in [0.15, 0.2) is 0 Å². The predicted octanol–water partition coefficient (Wildman–Crippen LogP) is 4.60. The van der Waals surface area contributed by atoms with Crippen LogP contribution in [0.1, 0.15) is 21.5 Å². The molecule has 0 atom stereocenters. The Bertz CT molecular complexity index is 1230. The zero-order chi connectivity index (χ0) is 20.9. The molecule has 0 bridgehead atoms. The molecule has 0 fully saturated rings. The van der Waals surface area contributed by atoms with E-state index in [1.54, 1.807) is 36.5 Å². The molecule has 1 amide bonds. The molecule has 4 aromatic rings. The van der Waals surface area contributed by atoms with Crippen molar-refractivity contribution in [3.8, 4) is 5.75 Å². The molecule has 30 heavy (non-hydrogen) atoms. The van der Waals surface area contributed by atoms with Crippen LogP contribution in [0.25, 0.3) is 10.9 Å². The van der Waals surface area contributed by atoms with Crippen molar-refractivity contribution in [2.45, 2.75) is 6.54 Å². The van der Waals surface area contributed by atoms with Crippen molar-refractivity contribution in [3.05, 3.63) is 102 Å².